The minimum absolute atomic E-state index is 0.236. The molecule has 0 atom stereocenters. The predicted molar refractivity (Wildman–Crippen MR) is 122 cm³/mol. The molecule has 0 aliphatic carbocycles. The molecule has 0 aliphatic heterocycles. The first-order valence-electron chi connectivity index (χ1n) is 9.77. The molecule has 5 aromatic rings. The number of thiazole rings is 1. The number of amides is 1. The van der Waals surface area contributed by atoms with Crippen LogP contribution in [0.1, 0.15) is 21.7 Å². The van der Waals surface area contributed by atoms with Gasteiger partial charge in [0.05, 0.1) is 23.9 Å². The van der Waals surface area contributed by atoms with E-state index in [4.69, 9.17) is 14.1 Å². The van der Waals surface area contributed by atoms with Gasteiger partial charge in [0.15, 0.2) is 22.2 Å². The molecule has 0 fully saturated rings. The van der Waals surface area contributed by atoms with E-state index in [9.17, 15) is 4.79 Å². The van der Waals surface area contributed by atoms with Crippen molar-refractivity contribution < 1.29 is 13.9 Å². The van der Waals surface area contributed by atoms with Gasteiger partial charge in [-0.3, -0.25) is 14.7 Å². The van der Waals surface area contributed by atoms with E-state index in [1.807, 2.05) is 55.5 Å². The Kier molecular flexibility index (Phi) is 4.88. The number of ether oxygens (including phenoxy) is 1. The summed E-state index contributed by atoms with van der Waals surface area (Å²) < 4.78 is 12.3. The van der Waals surface area contributed by atoms with Crippen molar-refractivity contribution in [2.24, 2.45) is 0 Å². The maximum absolute atomic E-state index is 13.6. The summed E-state index contributed by atoms with van der Waals surface area (Å²) in [6, 6.07) is 17.1. The number of hydrogen-bond acceptors (Lipinski definition) is 6. The number of pyridine rings is 1. The number of aromatic nitrogens is 2. The Labute approximate surface area is 182 Å². The monoisotopic (exact) mass is 429 g/mol. The number of benzene rings is 2. The Morgan fingerprint density at radius 2 is 2.03 bits per heavy atom. The fourth-order valence-electron chi connectivity index (χ4n) is 3.53. The molecular weight excluding hydrogens is 410 g/mol. The van der Waals surface area contributed by atoms with Crippen LogP contribution in [0.4, 0.5) is 5.13 Å². The number of rotatable bonds is 5. The van der Waals surface area contributed by atoms with Gasteiger partial charge in [-0.1, -0.05) is 41.7 Å². The highest BCUT2D eigenvalue weighted by molar-refractivity contribution is 7.22. The molecule has 7 heteroatoms. The van der Waals surface area contributed by atoms with Gasteiger partial charge in [-0.15, -0.1) is 0 Å². The molecule has 3 heterocycles. The number of anilines is 1. The Hall–Kier alpha value is -3.71. The smallest absolute Gasteiger partial charge is 0.296 e. The summed E-state index contributed by atoms with van der Waals surface area (Å²) in [4.78, 5) is 24.2. The third-order valence-electron chi connectivity index (χ3n) is 5.09. The number of hydrogen-bond donors (Lipinski definition) is 0. The largest absolute Gasteiger partial charge is 0.493 e. The number of para-hydroxylation sites is 2. The predicted octanol–water partition coefficient (Wildman–Crippen LogP) is 5.60. The van der Waals surface area contributed by atoms with Crippen molar-refractivity contribution in [3.63, 3.8) is 0 Å². The number of carbonyl (C=O) groups excluding carboxylic acids is 1. The minimum Gasteiger partial charge on any atom is -0.493 e. The summed E-state index contributed by atoms with van der Waals surface area (Å²) in [5.41, 5.74) is 3.43. The van der Waals surface area contributed by atoms with Crippen LogP contribution < -0.4 is 9.64 Å². The first kappa shape index (κ1) is 19.3. The number of nitrogens with zero attached hydrogens (tertiary/aromatic N) is 3. The van der Waals surface area contributed by atoms with Crippen molar-refractivity contribution in [1.82, 2.24) is 9.97 Å². The van der Waals surface area contributed by atoms with E-state index in [1.54, 1.807) is 30.5 Å². The average Bonchev–Trinajstić information content (AvgIpc) is 3.43. The van der Waals surface area contributed by atoms with Gasteiger partial charge in [-0.05, 0) is 42.3 Å². The molecule has 0 radical (unpaired) electrons. The van der Waals surface area contributed by atoms with Gasteiger partial charge in [0.2, 0.25) is 0 Å². The minimum atomic E-state index is -0.265. The van der Waals surface area contributed by atoms with Crippen LogP contribution in [0.5, 0.6) is 5.75 Å². The number of carbonyl (C=O) groups is 1. The maximum Gasteiger partial charge on any atom is 0.296 e. The molecule has 0 saturated carbocycles. The van der Waals surface area contributed by atoms with E-state index in [0.29, 0.717) is 23.0 Å². The van der Waals surface area contributed by atoms with Crippen molar-refractivity contribution in [2.75, 3.05) is 12.0 Å². The van der Waals surface area contributed by atoms with E-state index in [1.165, 1.54) is 11.3 Å². The molecule has 2 aromatic carbocycles. The van der Waals surface area contributed by atoms with Crippen LogP contribution in [0.3, 0.4) is 0 Å². The lowest BCUT2D eigenvalue weighted by molar-refractivity contribution is 0.0960. The standard InChI is InChI=1S/C24H19N3O3S/c1-15-6-3-10-20-21(15)26-24(31-20)27(14-16-7-5-11-25-13-16)23(28)19-12-17-8-4-9-18(29-2)22(17)30-19/h3-13H,14H2,1-2H3. The van der Waals surface area contributed by atoms with Crippen LogP contribution >= 0.6 is 11.3 Å². The van der Waals surface area contributed by atoms with Crippen molar-refractivity contribution in [2.45, 2.75) is 13.5 Å². The Bertz CT molecular complexity index is 1390. The lowest BCUT2D eigenvalue weighted by atomic mass is 10.2. The molecular formula is C24H19N3O3S. The van der Waals surface area contributed by atoms with Crippen molar-refractivity contribution >= 4 is 43.6 Å². The van der Waals surface area contributed by atoms with Crippen LogP contribution in [-0.4, -0.2) is 23.0 Å². The van der Waals surface area contributed by atoms with E-state index in [0.717, 1.165) is 26.7 Å². The van der Waals surface area contributed by atoms with Crippen LogP contribution in [0, 0.1) is 6.92 Å². The summed E-state index contributed by atoms with van der Waals surface area (Å²) in [5.74, 6) is 0.559. The van der Waals surface area contributed by atoms with Crippen LogP contribution in [-0.2, 0) is 6.54 Å². The molecule has 6 nitrogen and oxygen atoms in total. The highest BCUT2D eigenvalue weighted by atomic mass is 32.1. The molecule has 154 valence electrons. The lowest BCUT2D eigenvalue weighted by Crippen LogP contribution is -2.30. The van der Waals surface area contributed by atoms with Crippen molar-refractivity contribution in [1.29, 1.82) is 0 Å². The summed E-state index contributed by atoms with van der Waals surface area (Å²) >= 11 is 1.48. The highest BCUT2D eigenvalue weighted by Gasteiger charge is 2.25. The van der Waals surface area contributed by atoms with Gasteiger partial charge in [0, 0.05) is 17.8 Å². The molecule has 0 N–H and O–H groups in total. The quantitative estimate of drug-likeness (QED) is 0.364. The van der Waals surface area contributed by atoms with Crippen molar-refractivity contribution in [3.8, 4) is 5.75 Å². The second-order valence-corrected chi connectivity index (χ2v) is 8.17. The normalized spacial score (nSPS) is 11.2. The van der Waals surface area contributed by atoms with Crippen LogP contribution in [0.2, 0.25) is 0 Å². The van der Waals surface area contributed by atoms with E-state index < -0.39 is 0 Å². The second-order valence-electron chi connectivity index (χ2n) is 7.16. The number of furan rings is 1. The molecule has 1 amide bonds. The molecule has 0 unspecified atom stereocenters. The number of fused-ring (bicyclic) bond motifs is 2. The zero-order chi connectivity index (χ0) is 21.4. The molecule has 0 bridgehead atoms. The van der Waals surface area contributed by atoms with Crippen LogP contribution in [0.25, 0.3) is 21.2 Å². The molecule has 31 heavy (non-hydrogen) atoms. The Balaban J connectivity index is 1.61. The van der Waals surface area contributed by atoms with Gasteiger partial charge in [-0.25, -0.2) is 4.98 Å². The van der Waals surface area contributed by atoms with E-state index in [-0.39, 0.29) is 11.7 Å². The first-order valence-corrected chi connectivity index (χ1v) is 10.6. The maximum atomic E-state index is 13.6. The van der Waals surface area contributed by atoms with E-state index >= 15 is 0 Å². The first-order chi connectivity index (χ1) is 15.1. The third-order valence-corrected chi connectivity index (χ3v) is 6.13. The summed E-state index contributed by atoms with van der Waals surface area (Å²) in [5, 5.41) is 1.43. The van der Waals surface area contributed by atoms with E-state index in [2.05, 4.69) is 4.98 Å². The van der Waals surface area contributed by atoms with Gasteiger partial charge < -0.3 is 9.15 Å². The SMILES string of the molecule is COc1cccc2cc(C(=O)N(Cc3cccnc3)c3nc4c(C)cccc4s3)oc12. The van der Waals surface area contributed by atoms with Gasteiger partial charge in [-0.2, -0.15) is 0 Å². The van der Waals surface area contributed by atoms with Gasteiger partial charge in [0.25, 0.3) is 5.91 Å². The highest BCUT2D eigenvalue weighted by Crippen LogP contribution is 2.34. The zero-order valence-electron chi connectivity index (χ0n) is 17.0. The Morgan fingerprint density at radius 3 is 2.81 bits per heavy atom. The summed E-state index contributed by atoms with van der Waals surface area (Å²) in [6.45, 7) is 2.35. The molecule has 3 aromatic heterocycles. The van der Waals surface area contributed by atoms with Crippen LogP contribution in [0.15, 0.2) is 71.4 Å². The number of methoxy groups -OCH3 is 1. The number of aryl methyl sites for hydroxylation is 1. The molecule has 5 rings (SSSR count). The zero-order valence-corrected chi connectivity index (χ0v) is 17.8. The fraction of sp³-hybridized carbons (Fsp3) is 0.125. The summed E-state index contributed by atoms with van der Waals surface area (Å²) in [7, 11) is 1.58. The van der Waals surface area contributed by atoms with Crippen molar-refractivity contribution in [3.05, 3.63) is 83.9 Å². The average molecular weight is 430 g/mol. The second kappa shape index (κ2) is 7.85. The topological polar surface area (TPSA) is 68.5 Å². The summed E-state index contributed by atoms with van der Waals surface area (Å²) in [6.07, 6.45) is 3.46. The van der Waals surface area contributed by atoms with Gasteiger partial charge >= 0.3 is 0 Å². The lowest BCUT2D eigenvalue weighted by Gasteiger charge is -2.18. The molecule has 0 aliphatic rings. The Morgan fingerprint density at radius 1 is 1.16 bits per heavy atom. The fourth-order valence-corrected chi connectivity index (χ4v) is 4.57. The third kappa shape index (κ3) is 3.53. The molecule has 0 saturated heterocycles. The molecule has 0 spiro atoms. The van der Waals surface area contributed by atoms with Gasteiger partial charge in [0.1, 0.15) is 0 Å².